The van der Waals surface area contributed by atoms with E-state index in [1.807, 2.05) is 30.3 Å². The van der Waals surface area contributed by atoms with E-state index in [4.69, 9.17) is 0 Å². The summed E-state index contributed by atoms with van der Waals surface area (Å²) < 4.78 is 15.2. The molecule has 11 heteroatoms. The van der Waals surface area contributed by atoms with Gasteiger partial charge in [-0.15, -0.1) is 20.4 Å². The van der Waals surface area contributed by atoms with Gasteiger partial charge in [0, 0.05) is 18.8 Å². The number of hydrogen-bond donors (Lipinski definition) is 1. The van der Waals surface area contributed by atoms with Gasteiger partial charge in [0.25, 0.3) is 5.91 Å². The summed E-state index contributed by atoms with van der Waals surface area (Å²) in [5, 5.41) is 21.6. The van der Waals surface area contributed by atoms with Crippen molar-refractivity contribution in [2.24, 2.45) is 0 Å². The fourth-order valence-corrected chi connectivity index (χ4v) is 5.37. The molecule has 0 bridgehead atoms. The number of anilines is 2. The van der Waals surface area contributed by atoms with E-state index in [2.05, 4.69) is 35.2 Å². The van der Waals surface area contributed by atoms with Gasteiger partial charge in [0.15, 0.2) is 5.16 Å². The number of aromatic nitrogens is 5. The number of thioether (sulfide) groups is 1. The zero-order valence-electron chi connectivity index (χ0n) is 18.2. The fourth-order valence-electron chi connectivity index (χ4n) is 3.71. The molecule has 1 saturated heterocycles. The van der Waals surface area contributed by atoms with Crippen molar-refractivity contribution in [1.29, 1.82) is 0 Å². The van der Waals surface area contributed by atoms with Crippen molar-refractivity contribution in [2.75, 3.05) is 23.3 Å². The SMILES string of the molecule is O=C(Nc1ccc(F)cc1)c1nnc(CSc2nnc(N3CCCCC3)n2-c2ccccc2)s1. The van der Waals surface area contributed by atoms with Crippen LogP contribution >= 0.6 is 23.1 Å². The second-order valence-corrected chi connectivity index (χ2v) is 9.76. The lowest BCUT2D eigenvalue weighted by atomic mass is 10.1. The maximum atomic E-state index is 13.1. The lowest BCUT2D eigenvalue weighted by Crippen LogP contribution is -2.31. The topological polar surface area (TPSA) is 88.8 Å². The van der Waals surface area contributed by atoms with Gasteiger partial charge in [-0.3, -0.25) is 9.36 Å². The molecule has 0 radical (unpaired) electrons. The number of nitrogens with zero attached hydrogens (tertiary/aromatic N) is 6. The molecular formula is C23H22FN7OS2. The Hall–Kier alpha value is -3.31. The van der Waals surface area contributed by atoms with Crippen LogP contribution in [0.5, 0.6) is 0 Å². The minimum atomic E-state index is -0.375. The highest BCUT2D eigenvalue weighted by molar-refractivity contribution is 7.98. The van der Waals surface area contributed by atoms with Crippen LogP contribution in [0, 0.1) is 5.82 Å². The number of carbonyl (C=O) groups excluding carboxylic acids is 1. The van der Waals surface area contributed by atoms with Crippen molar-refractivity contribution < 1.29 is 9.18 Å². The van der Waals surface area contributed by atoms with Crippen LogP contribution in [0.1, 0.15) is 34.1 Å². The van der Waals surface area contributed by atoms with Crippen LogP contribution in [0.3, 0.4) is 0 Å². The Balaban J connectivity index is 1.30. The van der Waals surface area contributed by atoms with E-state index in [1.165, 1.54) is 53.8 Å². The first-order chi connectivity index (χ1) is 16.7. The molecule has 1 aliphatic rings. The normalized spacial score (nSPS) is 13.7. The van der Waals surface area contributed by atoms with Gasteiger partial charge in [0.05, 0.1) is 11.4 Å². The van der Waals surface area contributed by atoms with E-state index in [0.29, 0.717) is 16.4 Å². The van der Waals surface area contributed by atoms with E-state index in [9.17, 15) is 9.18 Å². The Kier molecular flexibility index (Phi) is 6.82. The highest BCUT2D eigenvalue weighted by atomic mass is 32.2. The maximum absolute atomic E-state index is 13.1. The molecule has 0 unspecified atom stereocenters. The molecule has 174 valence electrons. The van der Waals surface area contributed by atoms with Gasteiger partial charge in [0.2, 0.25) is 11.0 Å². The van der Waals surface area contributed by atoms with Crippen LogP contribution in [-0.2, 0) is 5.75 Å². The van der Waals surface area contributed by atoms with Gasteiger partial charge in [0.1, 0.15) is 10.8 Å². The van der Waals surface area contributed by atoms with Gasteiger partial charge < -0.3 is 10.2 Å². The Labute approximate surface area is 204 Å². The van der Waals surface area contributed by atoms with Gasteiger partial charge in [-0.25, -0.2) is 4.39 Å². The predicted octanol–water partition coefficient (Wildman–Crippen LogP) is 4.79. The van der Waals surface area contributed by atoms with Crippen LogP contribution in [0.25, 0.3) is 5.69 Å². The Bertz CT molecular complexity index is 1250. The minimum Gasteiger partial charge on any atom is -0.341 e. The van der Waals surface area contributed by atoms with Gasteiger partial charge in [-0.1, -0.05) is 41.3 Å². The molecule has 8 nitrogen and oxygen atoms in total. The van der Waals surface area contributed by atoms with Crippen molar-refractivity contribution in [2.45, 2.75) is 30.2 Å². The summed E-state index contributed by atoms with van der Waals surface area (Å²) in [7, 11) is 0. The van der Waals surface area contributed by atoms with Crippen LogP contribution in [-0.4, -0.2) is 44.0 Å². The molecule has 1 fully saturated rings. The monoisotopic (exact) mass is 495 g/mol. The average molecular weight is 496 g/mol. The lowest BCUT2D eigenvalue weighted by Gasteiger charge is -2.27. The summed E-state index contributed by atoms with van der Waals surface area (Å²) in [5.41, 5.74) is 1.51. The van der Waals surface area contributed by atoms with Crippen molar-refractivity contribution in [1.82, 2.24) is 25.0 Å². The number of nitrogens with one attached hydrogen (secondary N) is 1. The Morgan fingerprint density at radius 3 is 2.50 bits per heavy atom. The average Bonchev–Trinajstić information content (AvgIpc) is 3.53. The largest absolute Gasteiger partial charge is 0.341 e. The van der Waals surface area contributed by atoms with Crippen molar-refractivity contribution >= 4 is 40.6 Å². The third kappa shape index (κ3) is 5.10. The minimum absolute atomic E-state index is 0.249. The molecule has 1 amide bonds. The van der Waals surface area contributed by atoms with E-state index < -0.39 is 0 Å². The van der Waals surface area contributed by atoms with E-state index in [1.54, 1.807) is 0 Å². The number of hydrogen-bond acceptors (Lipinski definition) is 8. The molecule has 0 spiro atoms. The number of rotatable bonds is 7. The summed E-state index contributed by atoms with van der Waals surface area (Å²) in [6.45, 7) is 1.94. The van der Waals surface area contributed by atoms with Crippen molar-refractivity contribution in [3.63, 3.8) is 0 Å². The molecule has 34 heavy (non-hydrogen) atoms. The third-order valence-electron chi connectivity index (χ3n) is 5.36. The van der Waals surface area contributed by atoms with Gasteiger partial charge >= 0.3 is 0 Å². The van der Waals surface area contributed by atoms with E-state index in [0.717, 1.165) is 42.7 Å². The number of piperidine rings is 1. The summed E-state index contributed by atoms with van der Waals surface area (Å²) in [4.78, 5) is 14.8. The number of para-hydroxylation sites is 1. The molecular weight excluding hydrogens is 473 g/mol. The zero-order chi connectivity index (χ0) is 23.3. The fraction of sp³-hybridized carbons (Fsp3) is 0.261. The highest BCUT2D eigenvalue weighted by Crippen LogP contribution is 2.30. The number of benzene rings is 2. The molecule has 1 N–H and O–H groups in total. The number of amides is 1. The number of halogens is 1. The first-order valence-electron chi connectivity index (χ1n) is 11.0. The smallest absolute Gasteiger partial charge is 0.286 e. The van der Waals surface area contributed by atoms with Crippen LogP contribution < -0.4 is 10.2 Å². The molecule has 1 aliphatic heterocycles. The molecule has 5 rings (SSSR count). The standard InChI is InChI=1S/C23H22FN7OS2/c24-16-9-11-17(12-10-16)25-20(32)21-27-26-19(34-21)15-33-23-29-28-22(30-13-5-2-6-14-30)31(23)18-7-3-1-4-8-18/h1,3-4,7-12H,2,5-6,13-15H2,(H,25,32). The summed E-state index contributed by atoms with van der Waals surface area (Å²) >= 11 is 2.73. The Morgan fingerprint density at radius 2 is 1.74 bits per heavy atom. The van der Waals surface area contributed by atoms with Crippen LogP contribution in [0.4, 0.5) is 16.0 Å². The van der Waals surface area contributed by atoms with Crippen molar-refractivity contribution in [3.05, 3.63) is 70.4 Å². The summed E-state index contributed by atoms with van der Waals surface area (Å²) in [6.07, 6.45) is 3.54. The third-order valence-corrected chi connectivity index (χ3v) is 7.40. The van der Waals surface area contributed by atoms with E-state index >= 15 is 0 Å². The van der Waals surface area contributed by atoms with Crippen LogP contribution in [0.15, 0.2) is 59.8 Å². The predicted molar refractivity (Wildman–Crippen MR) is 131 cm³/mol. The van der Waals surface area contributed by atoms with Gasteiger partial charge in [-0.2, -0.15) is 0 Å². The zero-order valence-corrected chi connectivity index (χ0v) is 19.9. The molecule has 4 aromatic rings. The van der Waals surface area contributed by atoms with Crippen LogP contribution in [0.2, 0.25) is 0 Å². The first kappa shape index (κ1) is 22.5. The van der Waals surface area contributed by atoms with Gasteiger partial charge in [-0.05, 0) is 55.7 Å². The molecule has 0 saturated carbocycles. The molecule has 2 aromatic carbocycles. The quantitative estimate of drug-likeness (QED) is 0.369. The summed E-state index contributed by atoms with van der Waals surface area (Å²) in [5.74, 6) is 0.622. The molecule has 0 aliphatic carbocycles. The molecule has 3 heterocycles. The summed E-state index contributed by atoms with van der Waals surface area (Å²) in [6, 6.07) is 15.7. The molecule has 0 atom stereocenters. The number of carbonyl (C=O) groups is 1. The maximum Gasteiger partial charge on any atom is 0.286 e. The highest BCUT2D eigenvalue weighted by Gasteiger charge is 2.22. The molecule has 2 aromatic heterocycles. The second-order valence-electron chi connectivity index (χ2n) is 7.75. The first-order valence-corrected chi connectivity index (χ1v) is 12.8. The Morgan fingerprint density at radius 1 is 0.971 bits per heavy atom. The van der Waals surface area contributed by atoms with Crippen molar-refractivity contribution in [3.8, 4) is 5.69 Å². The second kappa shape index (κ2) is 10.3. The van der Waals surface area contributed by atoms with E-state index in [-0.39, 0.29) is 16.7 Å². The lowest BCUT2D eigenvalue weighted by molar-refractivity contribution is 0.102.